The summed E-state index contributed by atoms with van der Waals surface area (Å²) in [4.78, 5) is 12.2. The molecule has 0 saturated carbocycles. The van der Waals surface area contributed by atoms with Crippen LogP contribution >= 0.6 is 0 Å². The maximum atomic E-state index is 8.36. The van der Waals surface area contributed by atoms with Crippen molar-refractivity contribution in [3.63, 3.8) is 0 Å². The van der Waals surface area contributed by atoms with E-state index >= 15 is 0 Å². The van der Waals surface area contributed by atoms with Crippen LogP contribution in [0.25, 0.3) is 0 Å². The van der Waals surface area contributed by atoms with Crippen molar-refractivity contribution in [2.24, 2.45) is 4.99 Å². The molecule has 0 atom stereocenters. The van der Waals surface area contributed by atoms with Crippen molar-refractivity contribution in [3.05, 3.63) is 48.4 Å². The van der Waals surface area contributed by atoms with Gasteiger partial charge < -0.3 is 4.74 Å². The molecule has 2 aromatic heterocycles. The Hall–Kier alpha value is -2.47. The van der Waals surface area contributed by atoms with Gasteiger partial charge in [-0.15, -0.1) is 0 Å². The van der Waals surface area contributed by atoms with Crippen molar-refractivity contribution < 1.29 is 9.94 Å². The highest BCUT2D eigenvalue weighted by Crippen LogP contribution is 2.13. The molecule has 0 aliphatic rings. The first kappa shape index (κ1) is 13.0. The Labute approximate surface area is 110 Å². The van der Waals surface area contributed by atoms with Gasteiger partial charge in [-0.1, -0.05) is 6.07 Å². The molecule has 0 saturated heterocycles. The second kappa shape index (κ2) is 7.07. The number of aliphatic imine (C=N–C) groups is 1. The average molecular weight is 258 g/mol. The zero-order chi connectivity index (χ0) is 13.3. The maximum absolute atomic E-state index is 8.36. The lowest BCUT2D eigenvalue weighted by molar-refractivity contribution is 0.240. The Bertz CT molecular complexity index is 514. The molecule has 0 radical (unpaired) electrons. The summed E-state index contributed by atoms with van der Waals surface area (Å²) in [5.74, 6) is 0.534. The first-order valence-electron chi connectivity index (χ1n) is 5.79. The highest BCUT2D eigenvalue weighted by Gasteiger charge is 1.97. The fraction of sp³-hybridized carbons (Fsp3) is 0.154. The molecule has 0 aliphatic heterocycles. The van der Waals surface area contributed by atoms with Gasteiger partial charge in [0.1, 0.15) is 6.34 Å². The summed E-state index contributed by atoms with van der Waals surface area (Å²) < 4.78 is 5.50. The van der Waals surface area contributed by atoms with Crippen LogP contribution in [0.2, 0.25) is 0 Å². The van der Waals surface area contributed by atoms with E-state index in [1.807, 2.05) is 23.7 Å². The maximum Gasteiger partial charge on any atom is 0.213 e. The number of ether oxygens (including phenoxy) is 1. The lowest BCUT2D eigenvalue weighted by atomic mass is 10.3. The summed E-state index contributed by atoms with van der Waals surface area (Å²) in [7, 11) is 0. The zero-order valence-electron chi connectivity index (χ0n) is 10.2. The van der Waals surface area contributed by atoms with Crippen LogP contribution in [0.3, 0.4) is 0 Å². The van der Waals surface area contributed by atoms with E-state index in [0.29, 0.717) is 18.2 Å². The second-order valence-corrected chi connectivity index (χ2v) is 3.66. The van der Waals surface area contributed by atoms with Crippen molar-refractivity contribution in [1.82, 2.24) is 15.4 Å². The lowest BCUT2D eigenvalue weighted by Crippen LogP contribution is -2.03. The van der Waals surface area contributed by atoms with Gasteiger partial charge in [0.25, 0.3) is 0 Å². The number of nitrogens with zero attached hydrogens (tertiary/aromatic N) is 3. The molecule has 2 rings (SSSR count). The SMILES string of the molecule is ONC=Nc1ccc(OCCc2ccccn2)nc1. The predicted molar refractivity (Wildman–Crippen MR) is 70.7 cm³/mol. The third kappa shape index (κ3) is 4.36. The molecule has 19 heavy (non-hydrogen) atoms. The van der Waals surface area contributed by atoms with Crippen LogP contribution in [0.4, 0.5) is 5.69 Å². The molecule has 2 heterocycles. The van der Waals surface area contributed by atoms with Crippen LogP contribution < -0.4 is 10.2 Å². The monoisotopic (exact) mass is 258 g/mol. The Morgan fingerprint density at radius 2 is 2.21 bits per heavy atom. The Balaban J connectivity index is 1.81. The standard InChI is InChI=1S/C13H14N4O2/c18-17-10-16-12-4-5-13(15-9-12)19-8-6-11-3-1-2-7-14-11/h1-5,7,9-10,18H,6,8H2,(H,16,17). The zero-order valence-corrected chi connectivity index (χ0v) is 10.2. The molecule has 0 aromatic carbocycles. The number of aromatic nitrogens is 2. The Kier molecular flexibility index (Phi) is 4.83. The number of hydroxylamine groups is 1. The van der Waals surface area contributed by atoms with Gasteiger partial charge in [0.05, 0.1) is 18.5 Å². The minimum Gasteiger partial charge on any atom is -0.477 e. The quantitative estimate of drug-likeness (QED) is 0.468. The topological polar surface area (TPSA) is 79.6 Å². The number of hydrogen-bond donors (Lipinski definition) is 2. The first-order chi connectivity index (χ1) is 9.38. The van der Waals surface area contributed by atoms with Crippen molar-refractivity contribution in [2.75, 3.05) is 6.61 Å². The lowest BCUT2D eigenvalue weighted by Gasteiger charge is -2.04. The number of hydrogen-bond acceptors (Lipinski definition) is 5. The summed E-state index contributed by atoms with van der Waals surface area (Å²) in [5.41, 5.74) is 3.43. The molecular weight excluding hydrogens is 244 g/mol. The molecule has 2 aromatic rings. The van der Waals surface area contributed by atoms with Crippen molar-refractivity contribution in [1.29, 1.82) is 0 Å². The smallest absolute Gasteiger partial charge is 0.213 e. The summed E-state index contributed by atoms with van der Waals surface area (Å²) in [5, 5.41) is 8.36. The second-order valence-electron chi connectivity index (χ2n) is 3.66. The highest BCUT2D eigenvalue weighted by molar-refractivity contribution is 5.59. The van der Waals surface area contributed by atoms with E-state index in [1.54, 1.807) is 24.5 Å². The third-order valence-corrected chi connectivity index (χ3v) is 2.33. The molecule has 0 amide bonds. The fourth-order valence-corrected chi connectivity index (χ4v) is 1.44. The van der Waals surface area contributed by atoms with Gasteiger partial charge in [0.2, 0.25) is 5.88 Å². The van der Waals surface area contributed by atoms with Gasteiger partial charge in [0, 0.05) is 24.4 Å². The molecule has 6 heteroatoms. The van der Waals surface area contributed by atoms with Gasteiger partial charge in [-0.25, -0.2) is 9.98 Å². The summed E-state index contributed by atoms with van der Waals surface area (Å²) in [6.45, 7) is 0.519. The molecule has 2 N–H and O–H groups in total. The van der Waals surface area contributed by atoms with E-state index in [2.05, 4.69) is 15.0 Å². The molecule has 0 unspecified atom stereocenters. The van der Waals surface area contributed by atoms with Crippen molar-refractivity contribution in [2.45, 2.75) is 6.42 Å². The van der Waals surface area contributed by atoms with E-state index in [4.69, 9.17) is 9.94 Å². The first-order valence-corrected chi connectivity index (χ1v) is 5.79. The normalized spacial score (nSPS) is 10.6. The third-order valence-electron chi connectivity index (χ3n) is 2.33. The summed E-state index contributed by atoms with van der Waals surface area (Å²) in [6.07, 6.45) is 5.22. The van der Waals surface area contributed by atoms with E-state index in [1.165, 1.54) is 6.34 Å². The van der Waals surface area contributed by atoms with Gasteiger partial charge in [0.15, 0.2) is 0 Å². The van der Waals surface area contributed by atoms with E-state index in [9.17, 15) is 0 Å². The average Bonchev–Trinajstić information content (AvgIpc) is 2.47. The van der Waals surface area contributed by atoms with Crippen LogP contribution in [-0.2, 0) is 6.42 Å². The largest absolute Gasteiger partial charge is 0.477 e. The van der Waals surface area contributed by atoms with Crippen LogP contribution in [-0.4, -0.2) is 28.1 Å². The van der Waals surface area contributed by atoms with E-state index in [-0.39, 0.29) is 0 Å². The van der Waals surface area contributed by atoms with Crippen molar-refractivity contribution >= 4 is 12.0 Å². The van der Waals surface area contributed by atoms with Crippen molar-refractivity contribution in [3.8, 4) is 5.88 Å². The number of rotatable bonds is 6. The molecule has 6 nitrogen and oxygen atoms in total. The minimum atomic E-state index is 0.519. The van der Waals surface area contributed by atoms with Crippen LogP contribution in [0.5, 0.6) is 5.88 Å². The summed E-state index contributed by atoms with van der Waals surface area (Å²) in [6, 6.07) is 9.25. The molecular formula is C13H14N4O2. The van der Waals surface area contributed by atoms with Gasteiger partial charge in [-0.05, 0) is 18.2 Å². The van der Waals surface area contributed by atoms with Gasteiger partial charge >= 0.3 is 0 Å². The van der Waals surface area contributed by atoms with Gasteiger partial charge in [-0.2, -0.15) is 0 Å². The Morgan fingerprint density at radius 1 is 1.26 bits per heavy atom. The number of nitrogens with one attached hydrogen (secondary N) is 1. The molecule has 0 bridgehead atoms. The van der Waals surface area contributed by atoms with E-state index in [0.717, 1.165) is 12.1 Å². The molecule has 0 fully saturated rings. The fourth-order valence-electron chi connectivity index (χ4n) is 1.44. The Morgan fingerprint density at radius 3 is 2.89 bits per heavy atom. The highest BCUT2D eigenvalue weighted by atomic mass is 16.5. The van der Waals surface area contributed by atoms with Crippen LogP contribution in [0, 0.1) is 0 Å². The number of pyridine rings is 2. The summed E-state index contributed by atoms with van der Waals surface area (Å²) >= 11 is 0. The predicted octanol–water partition coefficient (Wildman–Crippen LogP) is 1.74. The van der Waals surface area contributed by atoms with Gasteiger partial charge in [-0.3, -0.25) is 15.7 Å². The molecule has 98 valence electrons. The minimum absolute atomic E-state index is 0.519. The van der Waals surface area contributed by atoms with E-state index < -0.39 is 0 Å². The molecule has 0 spiro atoms. The van der Waals surface area contributed by atoms with Crippen LogP contribution in [0.1, 0.15) is 5.69 Å². The molecule has 0 aliphatic carbocycles. The van der Waals surface area contributed by atoms with Crippen LogP contribution in [0.15, 0.2) is 47.7 Å².